The summed E-state index contributed by atoms with van der Waals surface area (Å²) in [5.41, 5.74) is 1.27. The number of benzene rings is 1. The van der Waals surface area contributed by atoms with E-state index in [1.807, 2.05) is 4.90 Å². The summed E-state index contributed by atoms with van der Waals surface area (Å²) in [5.74, 6) is -1.25. The highest BCUT2D eigenvalue weighted by Crippen LogP contribution is 2.24. The average Bonchev–Trinajstić information content (AvgIpc) is 3.04. The first-order valence-electron chi connectivity index (χ1n) is 8.03. The lowest BCUT2D eigenvalue weighted by Gasteiger charge is -2.13. The summed E-state index contributed by atoms with van der Waals surface area (Å²) < 4.78 is 13.5. The maximum Gasteiger partial charge on any atom is 0.336 e. The zero-order chi connectivity index (χ0) is 18.0. The van der Waals surface area contributed by atoms with Gasteiger partial charge in [-0.25, -0.2) is 9.18 Å². The molecule has 1 aromatic heterocycles. The van der Waals surface area contributed by atoms with Crippen molar-refractivity contribution in [2.24, 2.45) is 5.92 Å². The monoisotopic (exact) mass is 343 g/mol. The molecule has 1 saturated heterocycles. The number of carbonyl (C=O) groups is 2. The Morgan fingerprint density at radius 2 is 2.12 bits per heavy atom. The standard InChI is InChI=1S/C18H18FN3O3/c1-11(23)22-5-4-12(10-22)6-14-8-21-17(9-20-14)16-7-13(19)2-3-15(16)18(24)25/h2-3,7-9,12H,4-6,10H2,1H3,(H,24,25)/t12-/m1/s1. The van der Waals surface area contributed by atoms with Crippen LogP contribution < -0.4 is 0 Å². The molecule has 7 heteroatoms. The first-order chi connectivity index (χ1) is 11.9. The third-order valence-electron chi connectivity index (χ3n) is 4.42. The molecule has 0 unspecified atom stereocenters. The fraction of sp³-hybridized carbons (Fsp3) is 0.333. The van der Waals surface area contributed by atoms with Crippen LogP contribution in [0.15, 0.2) is 30.6 Å². The molecule has 25 heavy (non-hydrogen) atoms. The molecule has 2 heterocycles. The number of aromatic nitrogens is 2. The molecule has 0 bridgehead atoms. The third kappa shape index (κ3) is 3.81. The van der Waals surface area contributed by atoms with Gasteiger partial charge < -0.3 is 10.0 Å². The Morgan fingerprint density at radius 1 is 1.32 bits per heavy atom. The van der Waals surface area contributed by atoms with E-state index in [-0.39, 0.29) is 17.0 Å². The summed E-state index contributed by atoms with van der Waals surface area (Å²) >= 11 is 0. The molecule has 1 aliphatic heterocycles. The maximum absolute atomic E-state index is 13.5. The minimum absolute atomic E-state index is 0.0173. The summed E-state index contributed by atoms with van der Waals surface area (Å²) in [6.45, 7) is 3.04. The number of aromatic carboxylic acids is 1. The van der Waals surface area contributed by atoms with E-state index in [2.05, 4.69) is 9.97 Å². The van der Waals surface area contributed by atoms with Crippen LogP contribution in [0.1, 0.15) is 29.4 Å². The van der Waals surface area contributed by atoms with Crippen molar-refractivity contribution in [2.45, 2.75) is 19.8 Å². The molecule has 1 amide bonds. The maximum atomic E-state index is 13.5. The predicted molar refractivity (Wildman–Crippen MR) is 88.5 cm³/mol. The molecule has 1 atom stereocenters. The number of halogens is 1. The topological polar surface area (TPSA) is 83.4 Å². The van der Waals surface area contributed by atoms with Gasteiger partial charge >= 0.3 is 5.97 Å². The fourth-order valence-corrected chi connectivity index (χ4v) is 3.10. The number of nitrogens with zero attached hydrogens (tertiary/aromatic N) is 3. The largest absolute Gasteiger partial charge is 0.478 e. The van der Waals surface area contributed by atoms with Gasteiger partial charge in [-0.3, -0.25) is 14.8 Å². The third-order valence-corrected chi connectivity index (χ3v) is 4.42. The molecule has 6 nitrogen and oxygen atoms in total. The number of rotatable bonds is 4. The zero-order valence-corrected chi connectivity index (χ0v) is 13.8. The molecule has 0 aliphatic carbocycles. The molecule has 1 N–H and O–H groups in total. The summed E-state index contributed by atoms with van der Waals surface area (Å²) in [6.07, 6.45) is 4.68. The van der Waals surface area contributed by atoms with Gasteiger partial charge in [0.2, 0.25) is 5.91 Å². The smallest absolute Gasteiger partial charge is 0.336 e. The Bertz CT molecular complexity index is 808. The zero-order valence-electron chi connectivity index (χ0n) is 13.8. The minimum Gasteiger partial charge on any atom is -0.478 e. The van der Waals surface area contributed by atoms with Gasteiger partial charge in [0.15, 0.2) is 0 Å². The summed E-state index contributed by atoms with van der Waals surface area (Å²) in [5, 5.41) is 9.23. The highest BCUT2D eigenvalue weighted by molar-refractivity contribution is 5.95. The van der Waals surface area contributed by atoms with Crippen molar-refractivity contribution in [1.82, 2.24) is 14.9 Å². The van der Waals surface area contributed by atoms with Gasteiger partial charge in [0, 0.05) is 31.8 Å². The van der Waals surface area contributed by atoms with Crippen LogP contribution in [0.5, 0.6) is 0 Å². The van der Waals surface area contributed by atoms with Gasteiger partial charge in [0.25, 0.3) is 0 Å². The molecule has 1 aliphatic rings. The van der Waals surface area contributed by atoms with E-state index in [0.29, 0.717) is 24.6 Å². The van der Waals surface area contributed by atoms with Crippen molar-refractivity contribution in [2.75, 3.05) is 13.1 Å². The predicted octanol–water partition coefficient (Wildman–Crippen LogP) is 2.39. The van der Waals surface area contributed by atoms with Crippen LogP contribution in [0.2, 0.25) is 0 Å². The Morgan fingerprint density at radius 3 is 2.72 bits per heavy atom. The number of carboxylic acids is 1. The number of hydrogen-bond donors (Lipinski definition) is 1. The molecule has 0 radical (unpaired) electrons. The number of hydrogen-bond acceptors (Lipinski definition) is 4. The average molecular weight is 343 g/mol. The number of likely N-dealkylation sites (tertiary alicyclic amines) is 1. The Labute approximate surface area is 144 Å². The lowest BCUT2D eigenvalue weighted by molar-refractivity contribution is -0.127. The van der Waals surface area contributed by atoms with E-state index in [1.54, 1.807) is 13.1 Å². The SMILES string of the molecule is CC(=O)N1CC[C@H](Cc2cnc(-c3cc(F)ccc3C(=O)O)cn2)C1. The van der Waals surface area contributed by atoms with Crippen LogP contribution in [0, 0.1) is 11.7 Å². The lowest BCUT2D eigenvalue weighted by atomic mass is 10.0. The Hall–Kier alpha value is -2.83. The summed E-state index contributed by atoms with van der Waals surface area (Å²) in [6, 6.07) is 3.47. The number of carbonyl (C=O) groups excluding carboxylic acids is 1. The molecule has 1 fully saturated rings. The summed E-state index contributed by atoms with van der Waals surface area (Å²) in [4.78, 5) is 33.1. The van der Waals surface area contributed by atoms with Gasteiger partial charge in [-0.1, -0.05) is 0 Å². The van der Waals surface area contributed by atoms with E-state index in [0.717, 1.165) is 30.8 Å². The van der Waals surface area contributed by atoms with Crippen LogP contribution in [0.3, 0.4) is 0 Å². The van der Waals surface area contributed by atoms with Crippen molar-refractivity contribution in [3.05, 3.63) is 47.7 Å². The van der Waals surface area contributed by atoms with E-state index in [9.17, 15) is 19.1 Å². The minimum atomic E-state index is -1.14. The highest BCUT2D eigenvalue weighted by atomic mass is 19.1. The first kappa shape index (κ1) is 17.0. The molecular formula is C18H18FN3O3. The van der Waals surface area contributed by atoms with Crippen molar-refractivity contribution in [1.29, 1.82) is 0 Å². The first-order valence-corrected chi connectivity index (χ1v) is 8.03. The van der Waals surface area contributed by atoms with Crippen LogP contribution in [-0.4, -0.2) is 44.9 Å². The number of amides is 1. The molecule has 3 rings (SSSR count). The quantitative estimate of drug-likeness (QED) is 0.921. The second-order valence-corrected chi connectivity index (χ2v) is 6.21. The summed E-state index contributed by atoms with van der Waals surface area (Å²) in [7, 11) is 0. The second-order valence-electron chi connectivity index (χ2n) is 6.21. The van der Waals surface area contributed by atoms with Crippen molar-refractivity contribution in [3.8, 4) is 11.3 Å². The lowest BCUT2D eigenvalue weighted by Crippen LogP contribution is -2.26. The van der Waals surface area contributed by atoms with Crippen molar-refractivity contribution < 1.29 is 19.1 Å². The van der Waals surface area contributed by atoms with Gasteiger partial charge in [-0.15, -0.1) is 0 Å². The van der Waals surface area contributed by atoms with Gasteiger partial charge in [-0.05, 0) is 37.0 Å². The van der Waals surface area contributed by atoms with Crippen LogP contribution >= 0.6 is 0 Å². The van der Waals surface area contributed by atoms with E-state index >= 15 is 0 Å². The highest BCUT2D eigenvalue weighted by Gasteiger charge is 2.24. The molecule has 1 aromatic carbocycles. The fourth-order valence-electron chi connectivity index (χ4n) is 3.10. The van der Waals surface area contributed by atoms with Crippen LogP contribution in [-0.2, 0) is 11.2 Å². The van der Waals surface area contributed by atoms with E-state index in [4.69, 9.17) is 0 Å². The van der Waals surface area contributed by atoms with Gasteiger partial charge in [0.05, 0.1) is 23.1 Å². The number of carboxylic acid groups (broad SMARTS) is 1. The Balaban J connectivity index is 1.76. The van der Waals surface area contributed by atoms with Crippen LogP contribution in [0.25, 0.3) is 11.3 Å². The molecular weight excluding hydrogens is 325 g/mol. The van der Waals surface area contributed by atoms with Crippen LogP contribution in [0.4, 0.5) is 4.39 Å². The van der Waals surface area contributed by atoms with Crippen molar-refractivity contribution in [3.63, 3.8) is 0 Å². The van der Waals surface area contributed by atoms with Gasteiger partial charge in [0.1, 0.15) is 5.82 Å². The Kier molecular flexibility index (Phi) is 4.74. The molecule has 130 valence electrons. The van der Waals surface area contributed by atoms with Crippen molar-refractivity contribution >= 4 is 11.9 Å². The molecule has 0 spiro atoms. The van der Waals surface area contributed by atoms with E-state index in [1.165, 1.54) is 12.3 Å². The molecule has 2 aromatic rings. The normalized spacial score (nSPS) is 16.9. The van der Waals surface area contributed by atoms with Gasteiger partial charge in [-0.2, -0.15) is 0 Å². The van der Waals surface area contributed by atoms with E-state index < -0.39 is 11.8 Å². The second kappa shape index (κ2) is 6.96. The molecule has 0 saturated carbocycles.